The molecule has 108 valence electrons. The number of para-hydroxylation sites is 1. The molecule has 3 aromatic heterocycles. The molecule has 6 heteroatoms. The van der Waals surface area contributed by atoms with Gasteiger partial charge in [-0.1, -0.05) is 23.7 Å². The van der Waals surface area contributed by atoms with Crippen LogP contribution in [-0.4, -0.2) is 28.0 Å². The van der Waals surface area contributed by atoms with E-state index < -0.39 is 0 Å². The van der Waals surface area contributed by atoms with Crippen molar-refractivity contribution in [3.8, 4) is 22.5 Å². The first-order chi connectivity index (χ1) is 11.2. The van der Waals surface area contributed by atoms with Gasteiger partial charge >= 0.3 is 0 Å². The fraction of sp³-hybridized carbons (Fsp3) is 0. The molecule has 0 fully saturated rings. The quantitative estimate of drug-likeness (QED) is 0.554. The Morgan fingerprint density at radius 3 is 2.61 bits per heavy atom. The third-order valence-electron chi connectivity index (χ3n) is 3.80. The average molecular weight is 298 g/mol. The summed E-state index contributed by atoms with van der Waals surface area (Å²) in [4.78, 5) is 19.4. The molecule has 0 aliphatic carbocycles. The zero-order chi connectivity index (χ0) is 15.8. The monoisotopic (exact) mass is 298 g/mol. The van der Waals surface area contributed by atoms with E-state index in [2.05, 4.69) is 20.2 Å². The second-order valence-corrected chi connectivity index (χ2v) is 5.19. The molecule has 3 heterocycles. The highest BCUT2D eigenvalue weighted by molar-refractivity contribution is 6.42. The van der Waals surface area contributed by atoms with Gasteiger partial charge in [0.2, 0.25) is 0 Å². The lowest BCUT2D eigenvalue weighted by atomic mass is 9.90. The number of pyridine rings is 1. The topological polar surface area (TPSA) is 74.4 Å². The van der Waals surface area contributed by atoms with Crippen molar-refractivity contribution in [2.75, 3.05) is 0 Å². The van der Waals surface area contributed by atoms with Crippen LogP contribution in [0.4, 0.5) is 0 Å². The van der Waals surface area contributed by atoms with Gasteiger partial charge in [0.25, 0.3) is 5.56 Å². The fourth-order valence-electron chi connectivity index (χ4n) is 2.64. The Labute approximate surface area is 132 Å². The molecule has 4 aromatic rings. The maximum absolute atomic E-state index is 12.2. The van der Waals surface area contributed by atoms with Gasteiger partial charge in [-0.25, -0.2) is 5.10 Å². The first-order valence-electron chi connectivity index (χ1n) is 7.11. The molecule has 0 unspecified atom stereocenters. The van der Waals surface area contributed by atoms with E-state index in [0.717, 1.165) is 16.5 Å². The van der Waals surface area contributed by atoms with E-state index in [1.807, 2.05) is 36.4 Å². The van der Waals surface area contributed by atoms with Gasteiger partial charge in [-0.3, -0.25) is 9.78 Å². The standard InChI is InChI=1S/C17H11BN4O/c18-15-11-3-1-2-4-13(11)20-16(15)12-9-14(21-22-17(12)23)10-5-7-19-8-6-10/h1-9,20H,(H,22,23). The van der Waals surface area contributed by atoms with Gasteiger partial charge in [-0.15, -0.1) is 0 Å². The Morgan fingerprint density at radius 2 is 1.83 bits per heavy atom. The maximum Gasteiger partial charge on any atom is 0.273 e. The Balaban J connectivity index is 1.94. The molecule has 0 aliphatic heterocycles. The summed E-state index contributed by atoms with van der Waals surface area (Å²) in [6, 6.07) is 13.1. The van der Waals surface area contributed by atoms with Crippen LogP contribution in [0.1, 0.15) is 0 Å². The molecule has 23 heavy (non-hydrogen) atoms. The first kappa shape index (κ1) is 13.5. The summed E-state index contributed by atoms with van der Waals surface area (Å²) in [7, 11) is 6.21. The molecule has 0 aliphatic rings. The number of nitrogens with zero attached hydrogens (tertiary/aromatic N) is 2. The number of hydrogen-bond donors (Lipinski definition) is 2. The van der Waals surface area contributed by atoms with Gasteiger partial charge < -0.3 is 4.98 Å². The van der Waals surface area contributed by atoms with E-state index >= 15 is 0 Å². The lowest BCUT2D eigenvalue weighted by Crippen LogP contribution is -2.15. The summed E-state index contributed by atoms with van der Waals surface area (Å²) in [6.07, 6.45) is 3.36. The zero-order valence-corrected chi connectivity index (χ0v) is 12.1. The van der Waals surface area contributed by atoms with Crippen LogP contribution in [0.15, 0.2) is 59.7 Å². The lowest BCUT2D eigenvalue weighted by molar-refractivity contribution is 0.996. The van der Waals surface area contributed by atoms with E-state index in [1.165, 1.54) is 0 Å². The highest BCUT2D eigenvalue weighted by Gasteiger charge is 2.13. The van der Waals surface area contributed by atoms with Crippen LogP contribution < -0.4 is 11.0 Å². The molecule has 2 N–H and O–H groups in total. The van der Waals surface area contributed by atoms with Crippen LogP contribution in [0.3, 0.4) is 0 Å². The molecule has 2 radical (unpaired) electrons. The molecule has 0 saturated heterocycles. The molecule has 0 spiro atoms. The van der Waals surface area contributed by atoms with Gasteiger partial charge in [0.15, 0.2) is 0 Å². The van der Waals surface area contributed by atoms with Crippen LogP contribution >= 0.6 is 0 Å². The largest absolute Gasteiger partial charge is 0.355 e. The predicted molar refractivity (Wildman–Crippen MR) is 90.8 cm³/mol. The number of hydrogen-bond acceptors (Lipinski definition) is 3. The van der Waals surface area contributed by atoms with E-state index in [1.54, 1.807) is 18.5 Å². The van der Waals surface area contributed by atoms with Crippen LogP contribution in [0, 0.1) is 0 Å². The molecule has 4 rings (SSSR count). The smallest absolute Gasteiger partial charge is 0.273 e. The molecule has 1 aromatic carbocycles. The summed E-state index contributed by atoms with van der Waals surface area (Å²) in [6.45, 7) is 0. The second-order valence-electron chi connectivity index (χ2n) is 5.19. The van der Waals surface area contributed by atoms with Crippen molar-refractivity contribution >= 4 is 24.2 Å². The summed E-state index contributed by atoms with van der Waals surface area (Å²) in [5.41, 5.74) is 3.73. The van der Waals surface area contributed by atoms with Crippen LogP contribution in [0.25, 0.3) is 33.4 Å². The second kappa shape index (κ2) is 5.24. The Bertz CT molecular complexity index is 1050. The zero-order valence-electron chi connectivity index (χ0n) is 12.1. The highest BCUT2D eigenvalue weighted by atomic mass is 16.1. The summed E-state index contributed by atoms with van der Waals surface area (Å²) >= 11 is 0. The van der Waals surface area contributed by atoms with Gasteiger partial charge in [-0.05, 0) is 29.7 Å². The van der Waals surface area contributed by atoms with Gasteiger partial charge in [0.1, 0.15) is 7.85 Å². The fourth-order valence-corrected chi connectivity index (χ4v) is 2.64. The summed E-state index contributed by atoms with van der Waals surface area (Å²) in [5, 5.41) is 7.53. The van der Waals surface area contributed by atoms with E-state index in [-0.39, 0.29) is 5.56 Å². The number of aromatic amines is 2. The van der Waals surface area contributed by atoms with Crippen molar-refractivity contribution in [2.24, 2.45) is 0 Å². The SMILES string of the molecule is [B]c1c(-c2cc(-c3ccncc3)n[nH]c2=O)[nH]c2ccccc12. The third kappa shape index (κ3) is 2.24. The highest BCUT2D eigenvalue weighted by Crippen LogP contribution is 2.22. The summed E-state index contributed by atoms with van der Waals surface area (Å²) < 4.78 is 0. The molecular formula is C17H11BN4O. The van der Waals surface area contributed by atoms with Crippen molar-refractivity contribution < 1.29 is 0 Å². The lowest BCUT2D eigenvalue weighted by Gasteiger charge is -2.04. The first-order valence-corrected chi connectivity index (χ1v) is 7.11. The average Bonchev–Trinajstić information content (AvgIpc) is 2.93. The minimum absolute atomic E-state index is 0.291. The molecule has 0 bridgehead atoms. The van der Waals surface area contributed by atoms with Crippen molar-refractivity contribution in [2.45, 2.75) is 0 Å². The van der Waals surface area contributed by atoms with E-state index in [0.29, 0.717) is 22.4 Å². The normalized spacial score (nSPS) is 11.0. The van der Waals surface area contributed by atoms with Crippen LogP contribution in [0.5, 0.6) is 0 Å². The number of fused-ring (bicyclic) bond motifs is 1. The summed E-state index contributed by atoms with van der Waals surface area (Å²) in [5.74, 6) is 0. The number of aromatic nitrogens is 4. The molecule has 5 nitrogen and oxygen atoms in total. The van der Waals surface area contributed by atoms with Crippen LogP contribution in [-0.2, 0) is 0 Å². The Kier molecular flexibility index (Phi) is 3.08. The number of benzene rings is 1. The van der Waals surface area contributed by atoms with E-state index in [4.69, 9.17) is 7.85 Å². The Hall–Kier alpha value is -3.15. The number of rotatable bonds is 2. The molecular weight excluding hydrogens is 287 g/mol. The van der Waals surface area contributed by atoms with Crippen molar-refractivity contribution in [1.82, 2.24) is 20.2 Å². The maximum atomic E-state index is 12.2. The van der Waals surface area contributed by atoms with Crippen molar-refractivity contribution in [3.63, 3.8) is 0 Å². The van der Waals surface area contributed by atoms with Crippen LogP contribution in [0.2, 0.25) is 0 Å². The molecule has 0 amide bonds. The third-order valence-corrected chi connectivity index (χ3v) is 3.80. The predicted octanol–water partition coefficient (Wildman–Crippen LogP) is 1.77. The molecule has 0 atom stereocenters. The number of H-pyrrole nitrogens is 2. The van der Waals surface area contributed by atoms with E-state index in [9.17, 15) is 4.79 Å². The Morgan fingerprint density at radius 1 is 1.04 bits per heavy atom. The molecule has 0 saturated carbocycles. The van der Waals surface area contributed by atoms with Gasteiger partial charge in [0.05, 0.1) is 11.3 Å². The van der Waals surface area contributed by atoms with Crippen molar-refractivity contribution in [1.29, 1.82) is 0 Å². The van der Waals surface area contributed by atoms with Gasteiger partial charge in [0, 0.05) is 29.2 Å². The minimum atomic E-state index is -0.291. The number of nitrogens with one attached hydrogen (secondary N) is 2. The minimum Gasteiger partial charge on any atom is -0.355 e. The van der Waals surface area contributed by atoms with Crippen molar-refractivity contribution in [3.05, 3.63) is 65.2 Å². The van der Waals surface area contributed by atoms with Gasteiger partial charge in [-0.2, -0.15) is 5.10 Å².